The second kappa shape index (κ2) is 7.25. The van der Waals surface area contributed by atoms with Crippen LogP contribution in [0.5, 0.6) is 0 Å². The van der Waals surface area contributed by atoms with Crippen molar-refractivity contribution in [1.29, 1.82) is 0 Å². The molecule has 2 N–H and O–H groups in total. The first-order chi connectivity index (χ1) is 7.28. The zero-order chi connectivity index (χ0) is 12.8. The van der Waals surface area contributed by atoms with Crippen molar-refractivity contribution in [3.63, 3.8) is 0 Å². The van der Waals surface area contributed by atoms with E-state index in [1.807, 2.05) is 27.7 Å². The van der Waals surface area contributed by atoms with Crippen molar-refractivity contribution in [2.24, 2.45) is 11.8 Å². The standard InChI is InChI=1S/C11H25NO3S/c1-5-10(4)8-16(14,15)12-7-6-11(13)9(2)3/h9-13H,5-8H2,1-4H3. The molecule has 0 spiro atoms. The summed E-state index contributed by atoms with van der Waals surface area (Å²) in [6.07, 6.45) is 0.888. The lowest BCUT2D eigenvalue weighted by Gasteiger charge is -2.15. The van der Waals surface area contributed by atoms with Gasteiger partial charge in [0.1, 0.15) is 0 Å². The minimum absolute atomic E-state index is 0.166. The average Bonchev–Trinajstić information content (AvgIpc) is 2.16. The zero-order valence-corrected chi connectivity index (χ0v) is 11.5. The maximum atomic E-state index is 11.6. The number of rotatable bonds is 8. The number of hydrogen-bond acceptors (Lipinski definition) is 3. The minimum atomic E-state index is -3.18. The summed E-state index contributed by atoms with van der Waals surface area (Å²) < 4.78 is 25.6. The predicted molar refractivity (Wildman–Crippen MR) is 66.7 cm³/mol. The van der Waals surface area contributed by atoms with Gasteiger partial charge < -0.3 is 5.11 Å². The third kappa shape index (κ3) is 7.19. The molecule has 0 amide bonds. The monoisotopic (exact) mass is 251 g/mol. The second-order valence-corrected chi connectivity index (χ2v) is 6.64. The van der Waals surface area contributed by atoms with Crippen LogP contribution in [0.2, 0.25) is 0 Å². The van der Waals surface area contributed by atoms with Crippen molar-refractivity contribution in [3.05, 3.63) is 0 Å². The molecule has 0 heterocycles. The molecule has 0 aliphatic heterocycles. The lowest BCUT2D eigenvalue weighted by molar-refractivity contribution is 0.118. The molecule has 0 aromatic carbocycles. The maximum absolute atomic E-state index is 11.6. The Kier molecular flexibility index (Phi) is 7.19. The summed E-state index contributed by atoms with van der Waals surface area (Å²) in [4.78, 5) is 0. The molecule has 0 bridgehead atoms. The normalized spacial score (nSPS) is 16.4. The summed E-state index contributed by atoms with van der Waals surface area (Å²) in [6, 6.07) is 0. The average molecular weight is 251 g/mol. The number of aliphatic hydroxyl groups excluding tert-OH is 1. The van der Waals surface area contributed by atoms with Gasteiger partial charge in [0.05, 0.1) is 11.9 Å². The van der Waals surface area contributed by atoms with E-state index in [9.17, 15) is 13.5 Å². The second-order valence-electron chi connectivity index (χ2n) is 4.79. The van der Waals surface area contributed by atoms with Gasteiger partial charge in [-0.3, -0.25) is 0 Å². The molecule has 0 radical (unpaired) electrons. The molecule has 0 saturated carbocycles. The Hall–Kier alpha value is -0.130. The van der Waals surface area contributed by atoms with Crippen molar-refractivity contribution >= 4 is 10.0 Å². The first-order valence-corrected chi connectivity index (χ1v) is 7.59. The summed E-state index contributed by atoms with van der Waals surface area (Å²) in [6.45, 7) is 8.04. The van der Waals surface area contributed by atoms with Crippen molar-refractivity contribution in [3.8, 4) is 0 Å². The highest BCUT2D eigenvalue weighted by atomic mass is 32.2. The van der Waals surface area contributed by atoms with Crippen LogP contribution >= 0.6 is 0 Å². The molecule has 98 valence electrons. The molecule has 0 rings (SSSR count). The Labute approximate surface area is 99.5 Å². The lowest BCUT2D eigenvalue weighted by atomic mass is 10.1. The summed E-state index contributed by atoms with van der Waals surface area (Å²) in [5.41, 5.74) is 0. The molecule has 16 heavy (non-hydrogen) atoms. The fourth-order valence-electron chi connectivity index (χ4n) is 1.25. The molecule has 0 fully saturated rings. The van der Waals surface area contributed by atoms with Gasteiger partial charge in [-0.15, -0.1) is 0 Å². The molecule has 5 heteroatoms. The molecule has 0 aromatic rings. The van der Waals surface area contributed by atoms with E-state index in [1.54, 1.807) is 0 Å². The lowest BCUT2D eigenvalue weighted by Crippen LogP contribution is -2.32. The van der Waals surface area contributed by atoms with Gasteiger partial charge in [-0.1, -0.05) is 34.1 Å². The fraction of sp³-hybridized carbons (Fsp3) is 1.00. The Morgan fingerprint density at radius 2 is 1.81 bits per heavy atom. The molecular weight excluding hydrogens is 226 g/mol. The molecule has 0 aliphatic carbocycles. The molecule has 0 saturated heterocycles. The van der Waals surface area contributed by atoms with Gasteiger partial charge in [-0.2, -0.15) is 0 Å². The van der Waals surface area contributed by atoms with Crippen molar-refractivity contribution in [1.82, 2.24) is 4.72 Å². The van der Waals surface area contributed by atoms with Crippen LogP contribution in [0.25, 0.3) is 0 Å². The maximum Gasteiger partial charge on any atom is 0.211 e. The van der Waals surface area contributed by atoms with Crippen LogP contribution in [0, 0.1) is 11.8 Å². The summed E-state index contributed by atoms with van der Waals surface area (Å²) >= 11 is 0. The first-order valence-electron chi connectivity index (χ1n) is 5.94. The first kappa shape index (κ1) is 15.9. The van der Waals surface area contributed by atoms with Gasteiger partial charge in [0.2, 0.25) is 10.0 Å². The van der Waals surface area contributed by atoms with Gasteiger partial charge in [0, 0.05) is 6.54 Å². The third-order valence-corrected chi connectivity index (χ3v) is 4.38. The molecule has 2 atom stereocenters. The van der Waals surface area contributed by atoms with Gasteiger partial charge in [0.15, 0.2) is 0 Å². The number of nitrogens with one attached hydrogen (secondary N) is 1. The highest BCUT2D eigenvalue weighted by molar-refractivity contribution is 7.89. The summed E-state index contributed by atoms with van der Waals surface area (Å²) in [5.74, 6) is 0.507. The Morgan fingerprint density at radius 1 is 1.25 bits per heavy atom. The Morgan fingerprint density at radius 3 is 2.25 bits per heavy atom. The van der Waals surface area contributed by atoms with Gasteiger partial charge in [-0.25, -0.2) is 13.1 Å². The third-order valence-electron chi connectivity index (χ3n) is 2.73. The molecule has 2 unspecified atom stereocenters. The van der Waals surface area contributed by atoms with E-state index in [2.05, 4.69) is 4.72 Å². The van der Waals surface area contributed by atoms with E-state index in [0.29, 0.717) is 13.0 Å². The highest BCUT2D eigenvalue weighted by Crippen LogP contribution is 2.06. The Bertz CT molecular complexity index is 275. The molecule has 0 aliphatic rings. The van der Waals surface area contributed by atoms with Crippen LogP contribution in [0.15, 0.2) is 0 Å². The smallest absolute Gasteiger partial charge is 0.211 e. The van der Waals surface area contributed by atoms with E-state index in [1.165, 1.54) is 0 Å². The van der Waals surface area contributed by atoms with Crippen LogP contribution in [0.1, 0.15) is 40.5 Å². The predicted octanol–water partition coefficient (Wildman–Crippen LogP) is 1.36. The topological polar surface area (TPSA) is 66.4 Å². The van der Waals surface area contributed by atoms with Crippen LogP contribution in [-0.4, -0.2) is 31.9 Å². The summed E-state index contributed by atoms with van der Waals surface area (Å²) in [7, 11) is -3.18. The van der Waals surface area contributed by atoms with Crippen LogP contribution in [0.4, 0.5) is 0 Å². The Balaban J connectivity index is 3.92. The molecular formula is C11H25NO3S. The number of aliphatic hydroxyl groups is 1. The quantitative estimate of drug-likeness (QED) is 0.684. The summed E-state index contributed by atoms with van der Waals surface area (Å²) in [5, 5.41) is 9.52. The highest BCUT2D eigenvalue weighted by Gasteiger charge is 2.15. The van der Waals surface area contributed by atoms with E-state index in [0.717, 1.165) is 6.42 Å². The zero-order valence-electron chi connectivity index (χ0n) is 10.7. The fourth-order valence-corrected chi connectivity index (χ4v) is 2.78. The van der Waals surface area contributed by atoms with Gasteiger partial charge >= 0.3 is 0 Å². The van der Waals surface area contributed by atoms with Crippen molar-refractivity contribution in [2.75, 3.05) is 12.3 Å². The molecule has 4 nitrogen and oxygen atoms in total. The van der Waals surface area contributed by atoms with Crippen molar-refractivity contribution < 1.29 is 13.5 Å². The van der Waals surface area contributed by atoms with E-state index in [4.69, 9.17) is 0 Å². The van der Waals surface area contributed by atoms with Gasteiger partial charge in [-0.05, 0) is 18.3 Å². The minimum Gasteiger partial charge on any atom is -0.393 e. The van der Waals surface area contributed by atoms with Crippen LogP contribution < -0.4 is 4.72 Å². The molecule has 0 aromatic heterocycles. The van der Waals surface area contributed by atoms with Gasteiger partial charge in [0.25, 0.3) is 0 Å². The largest absolute Gasteiger partial charge is 0.393 e. The van der Waals surface area contributed by atoms with Crippen molar-refractivity contribution in [2.45, 2.75) is 46.6 Å². The van der Waals surface area contributed by atoms with E-state index in [-0.39, 0.29) is 17.6 Å². The number of hydrogen-bond donors (Lipinski definition) is 2. The van der Waals surface area contributed by atoms with E-state index < -0.39 is 16.1 Å². The van der Waals surface area contributed by atoms with E-state index >= 15 is 0 Å². The number of sulfonamides is 1. The van der Waals surface area contributed by atoms with Crippen LogP contribution in [0.3, 0.4) is 0 Å². The van der Waals surface area contributed by atoms with Crippen LogP contribution in [-0.2, 0) is 10.0 Å². The SMILES string of the molecule is CCC(C)CS(=O)(=O)NCCC(O)C(C)C.